The number of aromatic nitrogens is 1. The Labute approximate surface area is 147 Å². The second-order valence-corrected chi connectivity index (χ2v) is 7.14. The zero-order valence-corrected chi connectivity index (χ0v) is 14.6. The number of rotatable bonds is 2. The smallest absolute Gasteiger partial charge is 0.318 e. The van der Waals surface area contributed by atoms with E-state index in [0.29, 0.717) is 17.6 Å². The molecule has 5 heteroatoms. The summed E-state index contributed by atoms with van der Waals surface area (Å²) >= 11 is 0. The normalized spacial score (nSPS) is 21.6. The number of urea groups is 1. The Morgan fingerprint density at radius 3 is 2.68 bits per heavy atom. The topological polar surface area (TPSA) is 45.2 Å². The Bertz CT molecular complexity index is 822. The number of hydrogen-bond acceptors (Lipinski definition) is 2. The Kier molecular flexibility index (Phi) is 3.94. The molecule has 1 aromatic heterocycles. The van der Waals surface area contributed by atoms with Crippen LogP contribution in [0.3, 0.4) is 0 Å². The standard InChI is InChI=1S/C20H22FN3O/c1-12-6-7-14(8-17(12)18-10-22-11-19(21)13(18)2)23-20(25)24-15-4-3-5-16(24)9-15/h6-8,10-11,15-16H,3-5,9H2,1-2H3,(H,23,25). The number of hydrogen-bond donors (Lipinski definition) is 1. The number of anilines is 1. The highest BCUT2D eigenvalue weighted by atomic mass is 19.1. The molecular formula is C20H22FN3O. The van der Waals surface area contributed by atoms with Crippen molar-refractivity contribution in [1.29, 1.82) is 0 Å². The molecule has 25 heavy (non-hydrogen) atoms. The second kappa shape index (κ2) is 6.14. The number of nitrogens with zero attached hydrogens (tertiary/aromatic N) is 2. The third kappa shape index (κ3) is 2.77. The first-order valence-corrected chi connectivity index (χ1v) is 8.85. The van der Waals surface area contributed by atoms with Gasteiger partial charge in [0.1, 0.15) is 5.82 Å². The van der Waals surface area contributed by atoms with Gasteiger partial charge in [0.15, 0.2) is 0 Å². The van der Waals surface area contributed by atoms with Crippen molar-refractivity contribution in [2.45, 2.75) is 51.6 Å². The lowest BCUT2D eigenvalue weighted by Crippen LogP contribution is -2.62. The zero-order chi connectivity index (χ0) is 17.6. The van der Waals surface area contributed by atoms with E-state index in [0.717, 1.165) is 41.6 Å². The highest BCUT2D eigenvalue weighted by Gasteiger charge is 2.44. The summed E-state index contributed by atoms with van der Waals surface area (Å²) in [5.41, 5.74) is 3.98. The summed E-state index contributed by atoms with van der Waals surface area (Å²) in [6.07, 6.45) is 7.48. The molecule has 1 N–H and O–H groups in total. The van der Waals surface area contributed by atoms with Crippen molar-refractivity contribution >= 4 is 11.7 Å². The summed E-state index contributed by atoms with van der Waals surface area (Å²) in [5.74, 6) is -0.320. The van der Waals surface area contributed by atoms with Crippen LogP contribution in [0.25, 0.3) is 11.1 Å². The van der Waals surface area contributed by atoms with E-state index in [1.165, 1.54) is 12.6 Å². The number of aryl methyl sites for hydroxylation is 1. The number of halogens is 1. The predicted octanol–water partition coefficient (Wildman–Crippen LogP) is 4.66. The van der Waals surface area contributed by atoms with Crippen LogP contribution in [0.1, 0.15) is 36.8 Å². The van der Waals surface area contributed by atoms with Gasteiger partial charge in [0, 0.05) is 29.5 Å². The first-order valence-electron chi connectivity index (χ1n) is 8.85. The van der Waals surface area contributed by atoms with Gasteiger partial charge in [-0.2, -0.15) is 0 Å². The molecule has 2 aliphatic heterocycles. The van der Waals surface area contributed by atoms with Gasteiger partial charge in [-0.3, -0.25) is 4.98 Å². The minimum Gasteiger partial charge on any atom is -0.318 e. The monoisotopic (exact) mass is 339 g/mol. The molecule has 2 unspecified atom stereocenters. The van der Waals surface area contributed by atoms with Crippen LogP contribution in [-0.2, 0) is 0 Å². The van der Waals surface area contributed by atoms with E-state index in [2.05, 4.69) is 10.3 Å². The average molecular weight is 339 g/mol. The van der Waals surface area contributed by atoms with Crippen LogP contribution in [0.2, 0.25) is 0 Å². The molecule has 2 aromatic rings. The minimum atomic E-state index is -0.320. The highest BCUT2D eigenvalue weighted by molar-refractivity contribution is 5.91. The Hall–Kier alpha value is -2.43. The van der Waals surface area contributed by atoms with E-state index in [4.69, 9.17) is 0 Å². The van der Waals surface area contributed by atoms with Crippen LogP contribution in [0, 0.1) is 19.7 Å². The lowest BCUT2D eigenvalue weighted by molar-refractivity contribution is 0.0173. The molecule has 4 rings (SSSR count). The van der Waals surface area contributed by atoms with Crippen LogP contribution in [-0.4, -0.2) is 28.0 Å². The number of carbonyl (C=O) groups is 1. The molecule has 0 saturated carbocycles. The number of pyridine rings is 1. The highest BCUT2D eigenvalue weighted by Crippen LogP contribution is 2.38. The summed E-state index contributed by atoms with van der Waals surface area (Å²) < 4.78 is 13.9. The van der Waals surface area contributed by atoms with Crippen molar-refractivity contribution in [3.8, 4) is 11.1 Å². The van der Waals surface area contributed by atoms with Crippen molar-refractivity contribution in [3.05, 3.63) is 47.5 Å². The third-order valence-electron chi connectivity index (χ3n) is 5.57. The van der Waals surface area contributed by atoms with Crippen molar-refractivity contribution < 1.29 is 9.18 Å². The number of benzene rings is 1. The van der Waals surface area contributed by atoms with Crippen LogP contribution >= 0.6 is 0 Å². The summed E-state index contributed by atoms with van der Waals surface area (Å²) in [4.78, 5) is 18.6. The Balaban J connectivity index is 1.59. The summed E-state index contributed by atoms with van der Waals surface area (Å²) in [6.45, 7) is 3.73. The molecule has 2 saturated heterocycles. The van der Waals surface area contributed by atoms with Gasteiger partial charge in [0.2, 0.25) is 0 Å². The fourth-order valence-electron chi connectivity index (χ4n) is 4.09. The molecule has 2 aliphatic rings. The molecule has 0 aliphatic carbocycles. The van der Waals surface area contributed by atoms with Crippen LogP contribution in [0.4, 0.5) is 14.9 Å². The van der Waals surface area contributed by atoms with Crippen molar-refractivity contribution in [1.82, 2.24) is 9.88 Å². The van der Waals surface area contributed by atoms with Gasteiger partial charge in [0.25, 0.3) is 0 Å². The Morgan fingerprint density at radius 2 is 1.96 bits per heavy atom. The van der Waals surface area contributed by atoms with Gasteiger partial charge in [-0.15, -0.1) is 0 Å². The number of carbonyl (C=O) groups excluding carboxylic acids is 1. The summed E-state index contributed by atoms with van der Waals surface area (Å²) in [7, 11) is 0. The van der Waals surface area contributed by atoms with Gasteiger partial charge in [0.05, 0.1) is 6.20 Å². The fourth-order valence-corrected chi connectivity index (χ4v) is 4.09. The van der Waals surface area contributed by atoms with E-state index in [9.17, 15) is 9.18 Å². The molecule has 130 valence electrons. The third-order valence-corrected chi connectivity index (χ3v) is 5.57. The van der Waals surface area contributed by atoms with Gasteiger partial charge >= 0.3 is 6.03 Å². The van der Waals surface area contributed by atoms with Crippen LogP contribution in [0.5, 0.6) is 0 Å². The molecule has 0 radical (unpaired) electrons. The maximum Gasteiger partial charge on any atom is 0.322 e. The molecule has 2 atom stereocenters. The van der Waals surface area contributed by atoms with E-state index < -0.39 is 0 Å². The van der Waals surface area contributed by atoms with Gasteiger partial charge in [-0.1, -0.05) is 6.07 Å². The summed E-state index contributed by atoms with van der Waals surface area (Å²) in [6, 6.07) is 6.54. The molecule has 0 spiro atoms. The molecule has 2 amide bonds. The quantitative estimate of drug-likeness (QED) is 0.864. The summed E-state index contributed by atoms with van der Waals surface area (Å²) in [5, 5.41) is 3.02. The molecular weight excluding hydrogens is 317 g/mol. The average Bonchev–Trinajstić information content (AvgIpc) is 2.60. The second-order valence-electron chi connectivity index (χ2n) is 7.14. The lowest BCUT2D eigenvalue weighted by Gasteiger charge is -2.52. The van der Waals surface area contributed by atoms with Crippen molar-refractivity contribution in [3.63, 3.8) is 0 Å². The number of piperidine rings is 1. The molecule has 3 heterocycles. The van der Waals surface area contributed by atoms with Gasteiger partial charge in [-0.25, -0.2) is 9.18 Å². The van der Waals surface area contributed by atoms with Gasteiger partial charge in [-0.05, 0) is 68.4 Å². The van der Waals surface area contributed by atoms with E-state index in [1.807, 2.05) is 30.0 Å². The van der Waals surface area contributed by atoms with Crippen molar-refractivity contribution in [2.24, 2.45) is 0 Å². The van der Waals surface area contributed by atoms with Gasteiger partial charge < -0.3 is 10.2 Å². The first kappa shape index (κ1) is 16.1. The number of fused-ring (bicyclic) bond motifs is 2. The first-order chi connectivity index (χ1) is 12.0. The fraction of sp³-hybridized carbons (Fsp3) is 0.400. The maximum atomic E-state index is 13.9. The lowest BCUT2D eigenvalue weighted by atomic mass is 9.80. The maximum absolute atomic E-state index is 13.9. The van der Waals surface area contributed by atoms with Crippen LogP contribution in [0.15, 0.2) is 30.6 Å². The van der Waals surface area contributed by atoms with Crippen LogP contribution < -0.4 is 5.32 Å². The SMILES string of the molecule is Cc1ccc(NC(=O)N2C3CCCC2C3)cc1-c1cncc(F)c1C. The molecule has 2 bridgehead atoms. The Morgan fingerprint density at radius 1 is 1.20 bits per heavy atom. The zero-order valence-electron chi connectivity index (χ0n) is 14.6. The predicted molar refractivity (Wildman–Crippen MR) is 96.0 cm³/mol. The van der Waals surface area contributed by atoms with E-state index >= 15 is 0 Å². The van der Waals surface area contributed by atoms with E-state index in [-0.39, 0.29) is 11.8 Å². The number of amides is 2. The van der Waals surface area contributed by atoms with Crippen molar-refractivity contribution in [2.75, 3.05) is 5.32 Å². The minimum absolute atomic E-state index is 0.0233. The van der Waals surface area contributed by atoms with E-state index in [1.54, 1.807) is 13.1 Å². The number of nitrogens with one attached hydrogen (secondary N) is 1. The molecule has 1 aromatic carbocycles. The largest absolute Gasteiger partial charge is 0.322 e. The molecule has 4 nitrogen and oxygen atoms in total. The molecule has 2 fully saturated rings.